The van der Waals surface area contributed by atoms with E-state index in [-0.39, 0.29) is 11.7 Å². The first-order valence-electron chi connectivity index (χ1n) is 14.6. The van der Waals surface area contributed by atoms with Crippen LogP contribution in [0.1, 0.15) is 77.3 Å². The fourth-order valence-electron chi connectivity index (χ4n) is 6.42. The number of hydrogen-bond donors (Lipinski definition) is 1. The lowest BCUT2D eigenvalue weighted by Crippen LogP contribution is -2.28. The predicted molar refractivity (Wildman–Crippen MR) is 161 cm³/mol. The molecular formula is C34H36FN3O5. The number of amides is 1. The zero-order valence-corrected chi connectivity index (χ0v) is 25.4. The lowest BCUT2D eigenvalue weighted by atomic mass is 9.86. The van der Waals surface area contributed by atoms with E-state index in [0.717, 1.165) is 28.7 Å². The maximum atomic E-state index is 15.7. The van der Waals surface area contributed by atoms with Crippen molar-refractivity contribution in [1.82, 2.24) is 14.5 Å². The standard InChI is InChI=1S/C34H36FN3O5/c1-18-22-12-9-13-42-29(22)25(35)14-23(18)28-24-15-26(32(39)38-16-20-10-7-8-11-21(20)17-38)37(6)31(24)36-19(2)27(28)30(33(40)41)43-34(3,4)5/h7-8,10-11,14-15,30H,9,12-13,16-17H2,1-6H3,(H,40,41)/t30-/m0/s1. The molecule has 8 nitrogen and oxygen atoms in total. The summed E-state index contributed by atoms with van der Waals surface area (Å²) in [5, 5.41) is 11.0. The van der Waals surface area contributed by atoms with Crippen LogP contribution >= 0.6 is 0 Å². The Bertz CT molecular complexity index is 1780. The van der Waals surface area contributed by atoms with Gasteiger partial charge in [0.25, 0.3) is 5.91 Å². The van der Waals surface area contributed by atoms with Gasteiger partial charge in [-0.25, -0.2) is 14.2 Å². The van der Waals surface area contributed by atoms with Crippen molar-refractivity contribution in [2.75, 3.05) is 6.61 Å². The average Bonchev–Trinajstić information content (AvgIpc) is 3.54. The quantitative estimate of drug-likeness (QED) is 0.291. The molecule has 6 rings (SSSR count). The minimum absolute atomic E-state index is 0.163. The number of nitrogens with zero attached hydrogens (tertiary/aromatic N) is 3. The van der Waals surface area contributed by atoms with Crippen LogP contribution in [-0.2, 0) is 36.1 Å². The van der Waals surface area contributed by atoms with E-state index in [1.807, 2.05) is 31.2 Å². The molecule has 1 amide bonds. The third kappa shape index (κ3) is 4.95. The molecule has 0 saturated heterocycles. The lowest BCUT2D eigenvalue weighted by Gasteiger charge is -2.29. The number of benzene rings is 2. The Morgan fingerprint density at radius 2 is 1.79 bits per heavy atom. The van der Waals surface area contributed by atoms with Crippen molar-refractivity contribution in [2.24, 2.45) is 7.05 Å². The molecule has 0 fully saturated rings. The highest BCUT2D eigenvalue weighted by molar-refractivity contribution is 6.05. The predicted octanol–water partition coefficient (Wildman–Crippen LogP) is 6.42. The summed E-state index contributed by atoms with van der Waals surface area (Å²) < 4.78 is 29.2. The maximum Gasteiger partial charge on any atom is 0.337 e. The molecule has 43 heavy (non-hydrogen) atoms. The van der Waals surface area contributed by atoms with Gasteiger partial charge in [-0.2, -0.15) is 0 Å². The summed E-state index contributed by atoms with van der Waals surface area (Å²) in [6.07, 6.45) is 0.0132. The molecular weight excluding hydrogens is 549 g/mol. The molecule has 4 heterocycles. The minimum atomic E-state index is -1.38. The summed E-state index contributed by atoms with van der Waals surface area (Å²) in [6, 6.07) is 11.2. The van der Waals surface area contributed by atoms with E-state index in [2.05, 4.69) is 0 Å². The molecule has 224 valence electrons. The van der Waals surface area contributed by atoms with E-state index < -0.39 is 23.5 Å². The zero-order valence-electron chi connectivity index (χ0n) is 25.4. The van der Waals surface area contributed by atoms with Crippen LogP contribution in [0.5, 0.6) is 5.75 Å². The van der Waals surface area contributed by atoms with E-state index in [0.29, 0.717) is 65.2 Å². The fourth-order valence-corrected chi connectivity index (χ4v) is 6.42. The Balaban J connectivity index is 1.61. The minimum Gasteiger partial charge on any atom is -0.490 e. The Hall–Kier alpha value is -4.24. The van der Waals surface area contributed by atoms with Crippen LogP contribution in [0.2, 0.25) is 0 Å². The number of ether oxygens (including phenoxy) is 2. The van der Waals surface area contributed by atoms with Gasteiger partial charge in [0.15, 0.2) is 17.7 Å². The molecule has 2 aliphatic rings. The molecule has 2 aliphatic heterocycles. The van der Waals surface area contributed by atoms with Gasteiger partial charge in [-0.15, -0.1) is 0 Å². The van der Waals surface area contributed by atoms with Crippen molar-refractivity contribution in [3.05, 3.63) is 81.4 Å². The summed E-state index contributed by atoms with van der Waals surface area (Å²) >= 11 is 0. The SMILES string of the molecule is Cc1nc2c(cc(C(=O)N3Cc4ccccc4C3)n2C)c(-c2cc(F)c3c(c2C)CCCO3)c1[C@H](OC(C)(C)C)C(=O)O. The number of hydrogen-bond acceptors (Lipinski definition) is 5. The number of carbonyl (C=O) groups excluding carboxylic acids is 1. The van der Waals surface area contributed by atoms with Gasteiger partial charge >= 0.3 is 5.97 Å². The fraction of sp³-hybridized carbons (Fsp3) is 0.382. The van der Waals surface area contributed by atoms with Crippen LogP contribution in [0.4, 0.5) is 4.39 Å². The Morgan fingerprint density at radius 1 is 1.12 bits per heavy atom. The lowest BCUT2D eigenvalue weighted by molar-refractivity contribution is -0.160. The molecule has 0 aliphatic carbocycles. The first-order chi connectivity index (χ1) is 20.4. The number of rotatable bonds is 5. The smallest absolute Gasteiger partial charge is 0.337 e. The molecule has 1 N–H and O–H groups in total. The van der Waals surface area contributed by atoms with Gasteiger partial charge in [0.05, 0.1) is 12.2 Å². The van der Waals surface area contributed by atoms with Crippen molar-refractivity contribution in [2.45, 2.75) is 72.3 Å². The highest BCUT2D eigenvalue weighted by Crippen LogP contribution is 2.45. The first-order valence-corrected chi connectivity index (χ1v) is 14.6. The van der Waals surface area contributed by atoms with Crippen LogP contribution in [0.3, 0.4) is 0 Å². The number of carbonyl (C=O) groups is 2. The molecule has 2 aromatic carbocycles. The summed E-state index contributed by atoms with van der Waals surface area (Å²) in [5.41, 5.74) is 5.72. The summed E-state index contributed by atoms with van der Waals surface area (Å²) in [5.74, 6) is -1.60. The number of aryl methyl sites for hydroxylation is 2. The van der Waals surface area contributed by atoms with Gasteiger partial charge in [-0.05, 0) is 81.8 Å². The van der Waals surface area contributed by atoms with Gasteiger partial charge in [0.2, 0.25) is 0 Å². The largest absolute Gasteiger partial charge is 0.490 e. The number of carboxylic acid groups (broad SMARTS) is 1. The van der Waals surface area contributed by atoms with Gasteiger partial charge in [0, 0.05) is 47.9 Å². The monoisotopic (exact) mass is 585 g/mol. The molecule has 0 radical (unpaired) electrons. The molecule has 4 aromatic rings. The van der Waals surface area contributed by atoms with Gasteiger partial charge < -0.3 is 24.0 Å². The summed E-state index contributed by atoms with van der Waals surface area (Å²) in [6.45, 7) is 10.4. The second kappa shape index (κ2) is 10.5. The maximum absolute atomic E-state index is 15.7. The molecule has 1 atom stereocenters. The summed E-state index contributed by atoms with van der Waals surface area (Å²) in [4.78, 5) is 33.4. The topological polar surface area (TPSA) is 93.9 Å². The van der Waals surface area contributed by atoms with E-state index in [4.69, 9.17) is 14.5 Å². The first kappa shape index (κ1) is 28.9. The van der Waals surface area contributed by atoms with Gasteiger partial charge in [-0.1, -0.05) is 24.3 Å². The van der Waals surface area contributed by atoms with Crippen LogP contribution in [-0.4, -0.2) is 43.6 Å². The molecule has 0 spiro atoms. The van der Waals surface area contributed by atoms with Crippen LogP contribution in [0, 0.1) is 19.7 Å². The Kier molecular flexibility index (Phi) is 7.04. The van der Waals surface area contributed by atoms with Crippen LogP contribution < -0.4 is 4.74 Å². The van der Waals surface area contributed by atoms with Crippen molar-refractivity contribution >= 4 is 22.9 Å². The second-order valence-electron chi connectivity index (χ2n) is 12.5. The molecule has 9 heteroatoms. The Labute approximate surface area is 250 Å². The molecule has 0 bridgehead atoms. The van der Waals surface area contributed by atoms with Crippen molar-refractivity contribution in [3.8, 4) is 16.9 Å². The van der Waals surface area contributed by atoms with Gasteiger partial charge in [0.1, 0.15) is 11.3 Å². The van der Waals surface area contributed by atoms with E-state index >= 15 is 4.39 Å². The van der Waals surface area contributed by atoms with Crippen LogP contribution in [0.15, 0.2) is 36.4 Å². The van der Waals surface area contributed by atoms with Crippen LogP contribution in [0.25, 0.3) is 22.2 Å². The van der Waals surface area contributed by atoms with E-state index in [1.165, 1.54) is 6.07 Å². The third-order valence-corrected chi connectivity index (χ3v) is 8.41. The highest BCUT2D eigenvalue weighted by atomic mass is 19.1. The summed E-state index contributed by atoms with van der Waals surface area (Å²) in [7, 11) is 1.78. The normalized spacial score (nSPS) is 15.3. The highest BCUT2D eigenvalue weighted by Gasteiger charge is 2.35. The van der Waals surface area contributed by atoms with Crippen molar-refractivity contribution in [1.29, 1.82) is 0 Å². The zero-order chi connectivity index (χ0) is 30.8. The number of fused-ring (bicyclic) bond motifs is 3. The number of carboxylic acids is 1. The number of aliphatic carboxylic acids is 1. The van der Waals surface area contributed by atoms with E-state index in [1.54, 1.807) is 50.3 Å². The molecule has 2 aromatic heterocycles. The molecule has 0 saturated carbocycles. The number of pyridine rings is 1. The van der Waals surface area contributed by atoms with Gasteiger partial charge in [-0.3, -0.25) is 4.79 Å². The number of aromatic nitrogens is 2. The van der Waals surface area contributed by atoms with E-state index in [9.17, 15) is 14.7 Å². The Morgan fingerprint density at radius 3 is 2.42 bits per heavy atom. The molecule has 0 unspecified atom stereocenters. The second-order valence-corrected chi connectivity index (χ2v) is 12.5. The van der Waals surface area contributed by atoms with Crippen molar-refractivity contribution < 1.29 is 28.6 Å². The average molecular weight is 586 g/mol. The van der Waals surface area contributed by atoms with Crippen molar-refractivity contribution in [3.63, 3.8) is 0 Å². The number of halogens is 1. The third-order valence-electron chi connectivity index (χ3n) is 8.41.